The Labute approximate surface area is 145 Å². The first-order chi connectivity index (χ1) is 11.9. The van der Waals surface area contributed by atoms with Crippen molar-refractivity contribution in [1.29, 1.82) is 0 Å². The SMILES string of the molecule is Cc1cccc(OCCN2C(=O)NC(C)(c3ccc(F)cc3)C2=O)c1. The number of imide groups is 1. The highest BCUT2D eigenvalue weighted by Crippen LogP contribution is 2.28. The van der Waals surface area contributed by atoms with Crippen LogP contribution in [-0.4, -0.2) is 30.0 Å². The van der Waals surface area contributed by atoms with Gasteiger partial charge in [0.2, 0.25) is 0 Å². The normalized spacial score (nSPS) is 19.9. The molecule has 1 fully saturated rings. The Kier molecular flexibility index (Phi) is 4.44. The molecule has 3 amide bonds. The highest BCUT2D eigenvalue weighted by Gasteiger charge is 2.48. The van der Waals surface area contributed by atoms with Gasteiger partial charge in [0.1, 0.15) is 23.7 Å². The van der Waals surface area contributed by atoms with E-state index in [-0.39, 0.29) is 19.1 Å². The van der Waals surface area contributed by atoms with Gasteiger partial charge >= 0.3 is 6.03 Å². The van der Waals surface area contributed by atoms with Crippen molar-refractivity contribution in [3.63, 3.8) is 0 Å². The summed E-state index contributed by atoms with van der Waals surface area (Å²) >= 11 is 0. The van der Waals surface area contributed by atoms with E-state index in [1.54, 1.807) is 6.92 Å². The third-order valence-electron chi connectivity index (χ3n) is 4.27. The van der Waals surface area contributed by atoms with E-state index in [4.69, 9.17) is 4.74 Å². The van der Waals surface area contributed by atoms with E-state index in [9.17, 15) is 14.0 Å². The third-order valence-corrected chi connectivity index (χ3v) is 4.27. The zero-order valence-electron chi connectivity index (χ0n) is 14.1. The number of carbonyl (C=O) groups excluding carboxylic acids is 2. The summed E-state index contributed by atoms with van der Waals surface area (Å²) in [6, 6.07) is 12.6. The molecule has 25 heavy (non-hydrogen) atoms. The second kappa shape index (κ2) is 6.55. The summed E-state index contributed by atoms with van der Waals surface area (Å²) in [5, 5.41) is 2.68. The lowest BCUT2D eigenvalue weighted by molar-refractivity contribution is -0.131. The largest absolute Gasteiger partial charge is 0.492 e. The molecular weight excluding hydrogens is 323 g/mol. The van der Waals surface area contributed by atoms with Crippen LogP contribution in [0, 0.1) is 12.7 Å². The Morgan fingerprint density at radius 3 is 2.56 bits per heavy atom. The van der Waals surface area contributed by atoms with E-state index >= 15 is 0 Å². The van der Waals surface area contributed by atoms with Crippen molar-refractivity contribution in [2.45, 2.75) is 19.4 Å². The van der Waals surface area contributed by atoms with Crippen LogP contribution in [0.3, 0.4) is 0 Å². The van der Waals surface area contributed by atoms with Gasteiger partial charge in [-0.25, -0.2) is 9.18 Å². The number of hydrogen-bond acceptors (Lipinski definition) is 3. The van der Waals surface area contributed by atoms with E-state index in [0.717, 1.165) is 10.5 Å². The van der Waals surface area contributed by atoms with Crippen molar-refractivity contribution in [2.75, 3.05) is 13.2 Å². The van der Waals surface area contributed by atoms with Crippen LogP contribution in [0.4, 0.5) is 9.18 Å². The fourth-order valence-electron chi connectivity index (χ4n) is 2.84. The minimum absolute atomic E-state index is 0.134. The number of hydrogen-bond donors (Lipinski definition) is 1. The van der Waals surface area contributed by atoms with Crippen LogP contribution in [-0.2, 0) is 10.3 Å². The number of aryl methyl sites for hydroxylation is 1. The van der Waals surface area contributed by atoms with Gasteiger partial charge in [0.25, 0.3) is 5.91 Å². The number of rotatable bonds is 5. The molecule has 1 N–H and O–H groups in total. The monoisotopic (exact) mass is 342 g/mol. The maximum Gasteiger partial charge on any atom is 0.325 e. The molecule has 1 saturated heterocycles. The fraction of sp³-hybridized carbons (Fsp3) is 0.263. The van der Waals surface area contributed by atoms with E-state index in [1.165, 1.54) is 24.3 Å². The number of amides is 3. The molecule has 5 nitrogen and oxygen atoms in total. The molecule has 0 bridgehead atoms. The minimum Gasteiger partial charge on any atom is -0.492 e. The van der Waals surface area contributed by atoms with Crippen molar-refractivity contribution >= 4 is 11.9 Å². The highest BCUT2D eigenvalue weighted by molar-refractivity contribution is 6.07. The van der Waals surface area contributed by atoms with Gasteiger partial charge in [0.05, 0.1) is 6.54 Å². The Bertz CT molecular complexity index is 807. The minimum atomic E-state index is -1.20. The van der Waals surface area contributed by atoms with Crippen LogP contribution in [0.1, 0.15) is 18.1 Å². The lowest BCUT2D eigenvalue weighted by Gasteiger charge is -2.22. The van der Waals surface area contributed by atoms with Gasteiger partial charge in [-0.15, -0.1) is 0 Å². The van der Waals surface area contributed by atoms with Gasteiger partial charge in [0, 0.05) is 0 Å². The van der Waals surface area contributed by atoms with E-state index < -0.39 is 17.4 Å². The summed E-state index contributed by atoms with van der Waals surface area (Å²) in [6.07, 6.45) is 0. The highest BCUT2D eigenvalue weighted by atomic mass is 19.1. The second-order valence-electron chi connectivity index (χ2n) is 6.18. The summed E-state index contributed by atoms with van der Waals surface area (Å²) in [7, 11) is 0. The smallest absolute Gasteiger partial charge is 0.325 e. The molecule has 1 aliphatic heterocycles. The molecule has 1 heterocycles. The van der Waals surface area contributed by atoms with Crippen LogP contribution < -0.4 is 10.1 Å². The van der Waals surface area contributed by atoms with E-state index in [2.05, 4.69) is 5.32 Å². The molecule has 1 atom stereocenters. The molecule has 2 aromatic rings. The summed E-state index contributed by atoms with van der Waals surface area (Å²) in [6.45, 7) is 3.90. The van der Waals surface area contributed by atoms with Crippen LogP contribution in [0.15, 0.2) is 48.5 Å². The molecule has 3 rings (SSSR count). The molecule has 6 heteroatoms. The van der Waals surface area contributed by atoms with Crippen LogP contribution >= 0.6 is 0 Å². The van der Waals surface area contributed by atoms with Gasteiger partial charge < -0.3 is 10.1 Å². The van der Waals surface area contributed by atoms with Gasteiger partial charge in [-0.2, -0.15) is 0 Å². The first kappa shape index (κ1) is 17.0. The fourth-order valence-corrected chi connectivity index (χ4v) is 2.84. The standard InChI is InChI=1S/C19H19FN2O3/c1-13-4-3-5-16(12-13)25-11-10-22-17(23)19(2,21-18(22)24)14-6-8-15(20)9-7-14/h3-9,12H,10-11H2,1-2H3,(H,21,24). The summed E-state index contributed by atoms with van der Waals surface area (Å²) in [5.41, 5.74) is 0.402. The zero-order valence-corrected chi connectivity index (χ0v) is 14.1. The molecule has 0 saturated carbocycles. The van der Waals surface area contributed by atoms with Gasteiger partial charge in [-0.1, -0.05) is 24.3 Å². The lowest BCUT2D eigenvalue weighted by atomic mass is 9.92. The lowest BCUT2D eigenvalue weighted by Crippen LogP contribution is -2.41. The maximum atomic E-state index is 13.1. The quantitative estimate of drug-likeness (QED) is 0.850. The van der Waals surface area contributed by atoms with Gasteiger partial charge in [-0.3, -0.25) is 9.69 Å². The molecule has 0 aromatic heterocycles. The van der Waals surface area contributed by atoms with Gasteiger partial charge in [-0.05, 0) is 49.2 Å². The maximum absolute atomic E-state index is 13.1. The van der Waals surface area contributed by atoms with Crippen molar-refractivity contribution < 1.29 is 18.7 Å². The summed E-state index contributed by atoms with van der Waals surface area (Å²) < 4.78 is 18.7. The first-order valence-electron chi connectivity index (χ1n) is 8.00. The summed E-state index contributed by atoms with van der Waals surface area (Å²) in [5.74, 6) is -0.0853. The Morgan fingerprint density at radius 1 is 1.16 bits per heavy atom. The van der Waals surface area contributed by atoms with Gasteiger partial charge in [0.15, 0.2) is 0 Å². The van der Waals surface area contributed by atoms with Crippen molar-refractivity contribution in [1.82, 2.24) is 10.2 Å². The average Bonchev–Trinajstić information content (AvgIpc) is 2.79. The van der Waals surface area contributed by atoms with Crippen molar-refractivity contribution in [3.8, 4) is 5.75 Å². The Balaban J connectivity index is 1.68. The van der Waals surface area contributed by atoms with Crippen molar-refractivity contribution in [2.24, 2.45) is 0 Å². The van der Waals surface area contributed by atoms with Crippen LogP contribution in [0.5, 0.6) is 5.75 Å². The van der Waals surface area contributed by atoms with E-state index in [1.807, 2.05) is 31.2 Å². The van der Waals surface area contributed by atoms with E-state index in [0.29, 0.717) is 11.3 Å². The molecule has 130 valence electrons. The molecule has 0 radical (unpaired) electrons. The topological polar surface area (TPSA) is 58.6 Å². The number of ether oxygens (including phenoxy) is 1. The molecule has 2 aromatic carbocycles. The molecule has 0 aliphatic carbocycles. The number of urea groups is 1. The first-order valence-corrected chi connectivity index (χ1v) is 8.00. The number of nitrogens with one attached hydrogen (secondary N) is 1. The summed E-state index contributed by atoms with van der Waals surface area (Å²) in [4.78, 5) is 26.0. The predicted molar refractivity (Wildman–Crippen MR) is 90.7 cm³/mol. The number of nitrogens with zero attached hydrogens (tertiary/aromatic N) is 1. The Morgan fingerprint density at radius 2 is 1.88 bits per heavy atom. The van der Waals surface area contributed by atoms with Crippen LogP contribution in [0.2, 0.25) is 0 Å². The molecular formula is C19H19FN2O3. The number of carbonyl (C=O) groups is 2. The average molecular weight is 342 g/mol. The second-order valence-corrected chi connectivity index (χ2v) is 6.18. The van der Waals surface area contributed by atoms with Crippen molar-refractivity contribution in [3.05, 3.63) is 65.5 Å². The molecule has 1 aliphatic rings. The Hall–Kier alpha value is -2.89. The molecule has 1 unspecified atom stereocenters. The third kappa shape index (κ3) is 3.33. The van der Waals surface area contributed by atoms with Crippen LogP contribution in [0.25, 0.3) is 0 Å². The predicted octanol–water partition coefficient (Wildman–Crippen LogP) is 2.98. The number of benzene rings is 2. The number of halogens is 1. The molecule has 0 spiro atoms. The zero-order chi connectivity index (χ0) is 18.0.